The van der Waals surface area contributed by atoms with Crippen molar-refractivity contribution in [2.24, 2.45) is 0 Å². The largest absolute Gasteiger partial charge is 0.507 e. The summed E-state index contributed by atoms with van der Waals surface area (Å²) < 4.78 is 97.9. The van der Waals surface area contributed by atoms with Crippen LogP contribution < -0.4 is 0 Å². The molecular formula is C30H35F7N4O19. The summed E-state index contributed by atoms with van der Waals surface area (Å²) in [5.74, 6) is -47.4. The van der Waals surface area contributed by atoms with E-state index in [0.29, 0.717) is 32.2 Å². The van der Waals surface area contributed by atoms with Crippen LogP contribution in [0, 0.1) is 12.7 Å². The lowest BCUT2D eigenvalue weighted by Crippen LogP contribution is -2.96. The maximum atomic E-state index is 14.3. The molecule has 0 radical (unpaired) electrons. The SMILES string of the molecule is CC(=O)N1C(O)(O)C(O)(O)N(C2C(O)(O)C(c3ccc(F)cc3C)N(C(=O)N(C)C(C)c3c(O)c(C(F)(F)F)c(O)c(C(F)(F)F)c3O)C(O)(O)C2(O)O)C(O)(O)C1(O)O. The van der Waals surface area contributed by atoms with Crippen molar-refractivity contribution in [3.63, 3.8) is 0 Å². The topological polar surface area (TPSA) is 391 Å². The summed E-state index contributed by atoms with van der Waals surface area (Å²) in [4.78, 5) is 22.3. The number of nitrogens with zero attached hydrogens (tertiary/aromatic N) is 4. The molecule has 60 heavy (non-hydrogen) atoms. The van der Waals surface area contributed by atoms with Crippen LogP contribution >= 0.6 is 0 Å². The van der Waals surface area contributed by atoms with Gasteiger partial charge in [-0.05, 0) is 37.1 Å². The number of carbonyl (C=O) groups excluding carboxylic acids is 2. The van der Waals surface area contributed by atoms with Gasteiger partial charge in [-0.3, -0.25) is 9.69 Å². The molecule has 0 aliphatic carbocycles. The van der Waals surface area contributed by atoms with E-state index in [1.54, 1.807) is 0 Å². The zero-order valence-electron chi connectivity index (χ0n) is 30.3. The van der Waals surface area contributed by atoms with Gasteiger partial charge < -0.3 is 91.7 Å². The number of carbonyl (C=O) groups is 2. The summed E-state index contributed by atoms with van der Waals surface area (Å²) in [5.41, 5.74) is -9.42. The number of aliphatic hydroxyl groups is 14. The number of alkyl halides is 6. The molecule has 0 bridgehead atoms. The van der Waals surface area contributed by atoms with Crippen LogP contribution in [0.5, 0.6) is 17.2 Å². The number of benzene rings is 2. The second-order valence-electron chi connectivity index (χ2n) is 13.9. The molecule has 2 aliphatic heterocycles. The number of aryl methyl sites for hydroxylation is 1. The molecule has 17 N–H and O–H groups in total. The van der Waals surface area contributed by atoms with E-state index in [9.17, 15) is 127 Å². The van der Waals surface area contributed by atoms with Crippen LogP contribution in [0.1, 0.15) is 53.7 Å². The Hall–Kier alpha value is -4.51. The highest BCUT2D eigenvalue weighted by Crippen LogP contribution is 2.58. The van der Waals surface area contributed by atoms with Gasteiger partial charge in [-0.2, -0.15) is 31.2 Å². The van der Waals surface area contributed by atoms with Crippen molar-refractivity contribution in [2.75, 3.05) is 7.05 Å². The fourth-order valence-electron chi connectivity index (χ4n) is 7.15. The van der Waals surface area contributed by atoms with Crippen molar-refractivity contribution in [3.05, 3.63) is 51.8 Å². The number of amides is 3. The number of halogens is 7. The highest BCUT2D eigenvalue weighted by Gasteiger charge is 2.86. The van der Waals surface area contributed by atoms with Crippen LogP contribution in [-0.2, 0) is 17.1 Å². The second-order valence-corrected chi connectivity index (χ2v) is 13.9. The Balaban J connectivity index is 2.10. The Kier molecular flexibility index (Phi) is 11.0. The summed E-state index contributed by atoms with van der Waals surface area (Å²) in [6.07, 6.45) is -12.1. The molecule has 3 atom stereocenters. The summed E-state index contributed by atoms with van der Waals surface area (Å²) in [6, 6.07) is -11.8. The molecule has 3 amide bonds. The normalized spacial score (nSPS) is 24.8. The minimum Gasteiger partial charge on any atom is -0.507 e. The molecule has 3 unspecified atom stereocenters. The molecule has 338 valence electrons. The number of phenols is 3. The molecule has 23 nitrogen and oxygen atoms in total. The van der Waals surface area contributed by atoms with Crippen LogP contribution in [0.25, 0.3) is 0 Å². The lowest BCUT2D eigenvalue weighted by atomic mass is 9.76. The van der Waals surface area contributed by atoms with Gasteiger partial charge in [0.05, 0.1) is 11.6 Å². The first-order valence-electron chi connectivity index (χ1n) is 16.1. The van der Waals surface area contributed by atoms with Crippen molar-refractivity contribution in [3.8, 4) is 17.2 Å². The molecule has 2 aliphatic rings. The Labute approximate surface area is 327 Å². The number of phenolic OH excluding ortho intramolecular Hbond substituents is 3. The number of aromatic hydroxyl groups is 3. The Bertz CT molecular complexity index is 2020. The maximum Gasteiger partial charge on any atom is 0.423 e. The third kappa shape index (κ3) is 6.42. The van der Waals surface area contributed by atoms with E-state index >= 15 is 0 Å². The zero-order chi connectivity index (χ0) is 47.0. The van der Waals surface area contributed by atoms with Crippen LogP contribution in [0.2, 0.25) is 0 Å². The van der Waals surface area contributed by atoms with E-state index in [2.05, 4.69) is 0 Å². The molecule has 30 heteroatoms. The van der Waals surface area contributed by atoms with Gasteiger partial charge in [-0.1, -0.05) is 6.07 Å². The number of piperidine rings is 1. The average molecular weight is 889 g/mol. The third-order valence-electron chi connectivity index (χ3n) is 10.1. The van der Waals surface area contributed by atoms with Gasteiger partial charge in [0, 0.05) is 14.0 Å². The van der Waals surface area contributed by atoms with E-state index in [1.165, 1.54) is 0 Å². The molecule has 0 saturated carbocycles. The van der Waals surface area contributed by atoms with Gasteiger partial charge in [-0.25, -0.2) is 14.1 Å². The van der Waals surface area contributed by atoms with Gasteiger partial charge >= 0.3 is 47.9 Å². The zero-order valence-corrected chi connectivity index (χ0v) is 30.3. The highest BCUT2D eigenvalue weighted by molar-refractivity contribution is 5.78. The van der Waals surface area contributed by atoms with Crippen molar-refractivity contribution >= 4 is 11.9 Å². The number of urea groups is 1. The highest BCUT2D eigenvalue weighted by atomic mass is 19.4. The Morgan fingerprint density at radius 3 is 1.50 bits per heavy atom. The quantitative estimate of drug-likeness (QED) is 0.102. The molecule has 2 saturated heterocycles. The van der Waals surface area contributed by atoms with Crippen LogP contribution in [-0.4, -0.2) is 173 Å². The molecule has 0 spiro atoms. The third-order valence-corrected chi connectivity index (χ3v) is 10.1. The number of likely N-dealkylation sites (tertiary alicyclic amines) is 1. The van der Waals surface area contributed by atoms with Crippen LogP contribution in [0.3, 0.4) is 0 Å². The van der Waals surface area contributed by atoms with E-state index in [0.717, 1.165) is 6.92 Å². The minimum absolute atomic E-state index is 0.182. The monoisotopic (exact) mass is 888 g/mol. The van der Waals surface area contributed by atoms with Crippen molar-refractivity contribution in [1.29, 1.82) is 0 Å². The fourth-order valence-corrected chi connectivity index (χ4v) is 7.15. The molecule has 4 rings (SSSR count). The number of hydrogen-bond donors (Lipinski definition) is 17. The Morgan fingerprint density at radius 2 is 1.13 bits per heavy atom. The van der Waals surface area contributed by atoms with Gasteiger partial charge in [-0.15, -0.1) is 0 Å². The summed E-state index contributed by atoms with van der Waals surface area (Å²) in [6.45, 7) is 1.40. The molecule has 2 heterocycles. The lowest BCUT2D eigenvalue weighted by Gasteiger charge is -2.67. The van der Waals surface area contributed by atoms with Crippen molar-refractivity contribution < 1.29 is 127 Å². The maximum absolute atomic E-state index is 14.3. The van der Waals surface area contributed by atoms with Gasteiger partial charge in [0.25, 0.3) is 5.79 Å². The predicted molar refractivity (Wildman–Crippen MR) is 167 cm³/mol. The first-order chi connectivity index (χ1) is 26.5. The predicted octanol–water partition coefficient (Wildman–Crippen LogP) is -4.46. The van der Waals surface area contributed by atoms with Gasteiger partial charge in [0.2, 0.25) is 11.7 Å². The smallest absolute Gasteiger partial charge is 0.423 e. The van der Waals surface area contributed by atoms with E-state index in [-0.39, 0.29) is 11.8 Å². The summed E-state index contributed by atoms with van der Waals surface area (Å²) >= 11 is 0. The second kappa shape index (κ2) is 13.7. The Morgan fingerprint density at radius 1 is 0.717 bits per heavy atom. The summed E-state index contributed by atoms with van der Waals surface area (Å²) in [7, 11) is 0.292. The summed E-state index contributed by atoms with van der Waals surface area (Å²) in [5, 5.41) is 186. The first kappa shape index (κ1) is 48.2. The molecule has 0 aromatic heterocycles. The molecule has 2 aromatic carbocycles. The molecule has 2 fully saturated rings. The van der Waals surface area contributed by atoms with E-state index in [1.807, 2.05) is 0 Å². The van der Waals surface area contributed by atoms with Gasteiger partial charge in [0.1, 0.15) is 46.3 Å². The lowest BCUT2D eigenvalue weighted by molar-refractivity contribution is -0.623. The standard InChI is InChI=1S/C30H35F7N4O19/c1-8-7-11(31)5-6-12(8)19-22(47,48)20(41-29(57,58)27(53,54)40(10(3)42)28(55,56)30(41,59)60)23(49,50)26(51,52)39(19)21(46)38(4)9(2)13-16(43)14(24(32,33)34)18(45)15(17(13)44)25(35,36)37/h5-7,9,19-20,43-45,47-60H,1-4H3. The first-order valence-corrected chi connectivity index (χ1v) is 16.1. The number of rotatable bonds is 4. The molecule has 2 aromatic rings. The van der Waals surface area contributed by atoms with Crippen molar-refractivity contribution in [1.82, 2.24) is 19.6 Å². The number of piperazine rings is 1. The van der Waals surface area contributed by atoms with E-state index in [4.69, 9.17) is 0 Å². The van der Waals surface area contributed by atoms with E-state index < -0.39 is 149 Å². The van der Waals surface area contributed by atoms with Crippen LogP contribution in [0.15, 0.2) is 18.2 Å². The van der Waals surface area contributed by atoms with Crippen LogP contribution in [0.4, 0.5) is 35.5 Å². The minimum atomic E-state index is -6.07. The fraction of sp³-hybridized carbons (Fsp3) is 0.533. The number of hydrogen-bond acceptors (Lipinski definition) is 20. The van der Waals surface area contributed by atoms with Gasteiger partial charge in [0.15, 0.2) is 0 Å². The molecular weight excluding hydrogens is 853 g/mol. The van der Waals surface area contributed by atoms with Crippen molar-refractivity contribution in [2.45, 2.75) is 92.4 Å². The average Bonchev–Trinajstić information content (AvgIpc) is 3.01.